The quantitative estimate of drug-likeness (QED) is 0.224. The van der Waals surface area contributed by atoms with Gasteiger partial charge in [0.15, 0.2) is 0 Å². The highest BCUT2D eigenvalue weighted by molar-refractivity contribution is 7.13. The minimum Gasteiger partial charge on any atom is -0.507 e. The maximum atomic E-state index is 12.9. The van der Waals surface area contributed by atoms with E-state index >= 15 is 0 Å². The number of anilines is 1. The lowest BCUT2D eigenvalue weighted by molar-refractivity contribution is -0.384. The van der Waals surface area contributed by atoms with Crippen LogP contribution in [0.3, 0.4) is 0 Å². The van der Waals surface area contributed by atoms with Gasteiger partial charge < -0.3 is 5.11 Å². The number of aromatic nitrogens is 2. The molecule has 0 radical (unpaired) electrons. The molecule has 0 bridgehead atoms. The Labute approximate surface area is 174 Å². The molecule has 1 saturated heterocycles. The first-order valence-electron chi connectivity index (χ1n) is 8.77. The number of rotatable bonds is 4. The molecular weight excluding hydrogens is 408 g/mol. The number of benzene rings is 2. The van der Waals surface area contributed by atoms with Crippen LogP contribution in [0.5, 0.6) is 0 Å². The molecule has 4 rings (SSSR count). The Hall–Kier alpha value is -3.92. The zero-order valence-electron chi connectivity index (χ0n) is 15.6. The number of carbonyl (C=O) groups is 2. The number of ketones is 1. The molecule has 1 aliphatic heterocycles. The highest BCUT2D eigenvalue weighted by Gasteiger charge is 2.48. The summed E-state index contributed by atoms with van der Waals surface area (Å²) < 4.78 is 0. The number of Topliss-reactive ketones (excluding diaryl/α,β-unsaturated/α-hetero) is 1. The molecule has 150 valence electrons. The first-order chi connectivity index (χ1) is 14.4. The van der Waals surface area contributed by atoms with Gasteiger partial charge in [-0.05, 0) is 12.5 Å². The van der Waals surface area contributed by atoms with Crippen LogP contribution in [0.15, 0.2) is 59.6 Å². The van der Waals surface area contributed by atoms with Gasteiger partial charge in [0.05, 0.1) is 16.5 Å². The van der Waals surface area contributed by atoms with Crippen molar-refractivity contribution in [3.05, 3.63) is 86.4 Å². The summed E-state index contributed by atoms with van der Waals surface area (Å²) in [4.78, 5) is 37.5. The number of non-ortho nitro benzene ring substituents is 1. The Morgan fingerprint density at radius 2 is 1.93 bits per heavy atom. The molecule has 1 atom stereocenters. The van der Waals surface area contributed by atoms with E-state index in [2.05, 4.69) is 10.2 Å². The fraction of sp³-hybridized carbons (Fsp3) is 0.100. The molecule has 1 aliphatic rings. The van der Waals surface area contributed by atoms with E-state index in [1.54, 1.807) is 30.3 Å². The number of hydrogen-bond acceptors (Lipinski definition) is 8. The average molecular weight is 422 g/mol. The van der Waals surface area contributed by atoms with Gasteiger partial charge in [-0.25, -0.2) is 0 Å². The smallest absolute Gasteiger partial charge is 0.301 e. The monoisotopic (exact) mass is 422 g/mol. The number of aliphatic hydroxyl groups is 1. The van der Waals surface area contributed by atoms with Crippen molar-refractivity contribution in [1.82, 2.24) is 10.2 Å². The summed E-state index contributed by atoms with van der Waals surface area (Å²) in [6, 6.07) is 11.3. The maximum absolute atomic E-state index is 12.9. The first kappa shape index (κ1) is 19.4. The van der Waals surface area contributed by atoms with E-state index in [0.717, 1.165) is 21.8 Å². The van der Waals surface area contributed by atoms with Gasteiger partial charge in [-0.1, -0.05) is 53.3 Å². The van der Waals surface area contributed by atoms with E-state index in [0.29, 0.717) is 11.1 Å². The van der Waals surface area contributed by atoms with Gasteiger partial charge in [-0.2, -0.15) is 0 Å². The normalized spacial score (nSPS) is 18.0. The van der Waals surface area contributed by atoms with Gasteiger partial charge in [0, 0.05) is 17.7 Å². The highest BCUT2D eigenvalue weighted by atomic mass is 32.1. The zero-order chi connectivity index (χ0) is 21.4. The summed E-state index contributed by atoms with van der Waals surface area (Å²) in [5.74, 6) is -2.16. The van der Waals surface area contributed by atoms with E-state index in [1.807, 2.05) is 6.92 Å². The Bertz CT molecular complexity index is 1190. The molecule has 0 unspecified atom stereocenters. The third kappa shape index (κ3) is 3.22. The largest absolute Gasteiger partial charge is 0.507 e. The van der Waals surface area contributed by atoms with Gasteiger partial charge in [-0.15, -0.1) is 10.2 Å². The van der Waals surface area contributed by atoms with E-state index in [9.17, 15) is 24.8 Å². The van der Waals surface area contributed by atoms with Gasteiger partial charge in [0.1, 0.15) is 11.3 Å². The van der Waals surface area contributed by atoms with Crippen molar-refractivity contribution in [3.8, 4) is 0 Å². The lowest BCUT2D eigenvalue weighted by Gasteiger charge is -2.22. The predicted molar refractivity (Wildman–Crippen MR) is 109 cm³/mol. The lowest BCUT2D eigenvalue weighted by Crippen LogP contribution is -2.29. The van der Waals surface area contributed by atoms with Crippen LogP contribution in [-0.4, -0.2) is 31.9 Å². The van der Waals surface area contributed by atoms with Gasteiger partial charge in [0.25, 0.3) is 11.5 Å². The standard InChI is InChI=1S/C20H14N4O5S/c1-11-5-7-12(8-6-11)17(25)15-16(13-3-2-4-14(9-13)24(28)29)23(19(27)18(15)26)20-22-21-10-30-20/h2-10,16,25H,1H3/b17-15+/t16-/m1/s1. The van der Waals surface area contributed by atoms with Crippen molar-refractivity contribution in [3.63, 3.8) is 0 Å². The summed E-state index contributed by atoms with van der Waals surface area (Å²) >= 11 is 1.04. The predicted octanol–water partition coefficient (Wildman–Crippen LogP) is 3.38. The van der Waals surface area contributed by atoms with Gasteiger partial charge in [-0.3, -0.25) is 24.6 Å². The molecule has 30 heavy (non-hydrogen) atoms. The van der Waals surface area contributed by atoms with E-state index in [1.165, 1.54) is 23.7 Å². The molecular formula is C20H14N4O5S. The molecule has 1 N–H and O–H groups in total. The summed E-state index contributed by atoms with van der Waals surface area (Å²) in [6.07, 6.45) is 0. The molecule has 0 spiro atoms. The highest BCUT2D eigenvalue weighted by Crippen LogP contribution is 2.43. The third-order valence-electron chi connectivity index (χ3n) is 4.72. The van der Waals surface area contributed by atoms with Crippen molar-refractivity contribution in [2.45, 2.75) is 13.0 Å². The molecule has 3 aromatic rings. The molecule has 0 aliphatic carbocycles. The van der Waals surface area contributed by atoms with Gasteiger partial charge >= 0.3 is 5.91 Å². The molecule has 1 fully saturated rings. The molecule has 0 saturated carbocycles. The summed E-state index contributed by atoms with van der Waals surface area (Å²) in [6.45, 7) is 1.88. The number of nitro groups is 1. The number of carbonyl (C=O) groups excluding carboxylic acids is 2. The lowest BCUT2D eigenvalue weighted by atomic mass is 9.95. The number of nitro benzene ring substituents is 1. The number of aryl methyl sites for hydroxylation is 1. The van der Waals surface area contributed by atoms with Crippen molar-refractivity contribution in [1.29, 1.82) is 0 Å². The third-order valence-corrected chi connectivity index (χ3v) is 5.41. The van der Waals surface area contributed by atoms with Crippen LogP contribution in [0.1, 0.15) is 22.7 Å². The van der Waals surface area contributed by atoms with E-state index in [-0.39, 0.29) is 22.2 Å². The van der Waals surface area contributed by atoms with E-state index < -0.39 is 22.7 Å². The zero-order valence-corrected chi connectivity index (χ0v) is 16.4. The topological polar surface area (TPSA) is 127 Å². The Kier molecular flexibility index (Phi) is 4.84. The maximum Gasteiger partial charge on any atom is 0.301 e. The molecule has 1 aromatic heterocycles. The molecule has 1 amide bonds. The number of aliphatic hydroxyl groups excluding tert-OH is 1. The van der Waals surface area contributed by atoms with Crippen LogP contribution >= 0.6 is 11.3 Å². The average Bonchev–Trinajstić information content (AvgIpc) is 3.35. The van der Waals surface area contributed by atoms with Crippen molar-refractivity contribution < 1.29 is 19.6 Å². The summed E-state index contributed by atoms with van der Waals surface area (Å²) in [5.41, 5.74) is 2.64. The summed E-state index contributed by atoms with van der Waals surface area (Å²) in [7, 11) is 0. The van der Waals surface area contributed by atoms with Crippen LogP contribution in [-0.2, 0) is 9.59 Å². The Morgan fingerprint density at radius 1 is 1.20 bits per heavy atom. The fourth-order valence-electron chi connectivity index (χ4n) is 3.29. The molecule has 10 heteroatoms. The molecule has 2 heterocycles. The Morgan fingerprint density at radius 3 is 2.57 bits per heavy atom. The van der Waals surface area contributed by atoms with Crippen LogP contribution in [0.25, 0.3) is 5.76 Å². The van der Waals surface area contributed by atoms with Crippen LogP contribution < -0.4 is 4.90 Å². The number of nitrogens with zero attached hydrogens (tertiary/aromatic N) is 4. The second kappa shape index (κ2) is 7.48. The first-order valence-corrected chi connectivity index (χ1v) is 9.65. The number of hydrogen-bond donors (Lipinski definition) is 1. The second-order valence-electron chi connectivity index (χ2n) is 6.61. The second-order valence-corrected chi connectivity index (χ2v) is 7.42. The van der Waals surface area contributed by atoms with Gasteiger partial charge in [0.2, 0.25) is 5.13 Å². The van der Waals surface area contributed by atoms with Crippen LogP contribution in [0.4, 0.5) is 10.8 Å². The number of amides is 1. The van der Waals surface area contributed by atoms with Crippen LogP contribution in [0, 0.1) is 17.0 Å². The van der Waals surface area contributed by atoms with Crippen LogP contribution in [0.2, 0.25) is 0 Å². The fourth-order valence-corrected chi connectivity index (χ4v) is 3.88. The van der Waals surface area contributed by atoms with E-state index in [4.69, 9.17) is 0 Å². The minimum absolute atomic E-state index is 0.150. The van der Waals surface area contributed by atoms with Crippen molar-refractivity contribution >= 4 is 39.6 Å². The van der Waals surface area contributed by atoms with Crippen molar-refractivity contribution in [2.75, 3.05) is 4.90 Å². The Balaban J connectivity index is 1.95. The summed E-state index contributed by atoms with van der Waals surface area (Å²) in [5, 5.41) is 29.9. The SMILES string of the molecule is Cc1ccc(/C(O)=C2\C(=O)C(=O)N(c3nncs3)[C@@H]2c2cccc([N+](=O)[O-])c2)cc1. The molecule has 9 nitrogen and oxygen atoms in total. The molecule has 2 aromatic carbocycles. The minimum atomic E-state index is -1.08. The van der Waals surface area contributed by atoms with Crippen molar-refractivity contribution in [2.24, 2.45) is 0 Å².